The van der Waals surface area contributed by atoms with Crippen molar-refractivity contribution < 1.29 is 9.18 Å². The quantitative estimate of drug-likeness (QED) is 0.812. The molecule has 0 saturated heterocycles. The topological polar surface area (TPSA) is 32.9 Å². The largest absolute Gasteiger partial charge is 0.360 e. The predicted octanol–water partition coefficient (Wildman–Crippen LogP) is 3.93. The van der Waals surface area contributed by atoms with Gasteiger partial charge in [-0.15, -0.1) is 0 Å². The van der Waals surface area contributed by atoms with Crippen LogP contribution in [0.2, 0.25) is 0 Å². The molecule has 19 heavy (non-hydrogen) atoms. The molecule has 0 amide bonds. The third-order valence-corrected chi connectivity index (χ3v) is 4.88. The van der Waals surface area contributed by atoms with Crippen LogP contribution in [0.25, 0.3) is 10.9 Å². The van der Waals surface area contributed by atoms with Crippen LogP contribution in [-0.4, -0.2) is 10.8 Å². The Morgan fingerprint density at radius 3 is 2.68 bits per heavy atom. The van der Waals surface area contributed by atoms with E-state index in [0.29, 0.717) is 28.3 Å². The van der Waals surface area contributed by atoms with E-state index in [2.05, 4.69) is 4.98 Å². The first-order valence-electron chi connectivity index (χ1n) is 7.07. The van der Waals surface area contributed by atoms with Crippen molar-refractivity contribution in [2.24, 2.45) is 17.8 Å². The number of ketones is 1. The number of aromatic amines is 1. The molecule has 2 nitrogen and oxygen atoms in total. The minimum absolute atomic E-state index is 0.147. The lowest BCUT2D eigenvalue weighted by molar-refractivity contribution is 0.0958. The molecule has 2 aliphatic carbocycles. The molecule has 0 radical (unpaired) electrons. The number of rotatable bonds is 2. The normalized spacial score (nSPS) is 29.2. The molecule has 2 atom stereocenters. The van der Waals surface area contributed by atoms with Gasteiger partial charge >= 0.3 is 0 Å². The van der Waals surface area contributed by atoms with Crippen LogP contribution in [0.1, 0.15) is 36.0 Å². The van der Waals surface area contributed by atoms with Crippen LogP contribution in [0.3, 0.4) is 0 Å². The highest BCUT2D eigenvalue weighted by molar-refractivity contribution is 6.10. The van der Waals surface area contributed by atoms with Crippen molar-refractivity contribution in [1.82, 2.24) is 4.98 Å². The summed E-state index contributed by atoms with van der Waals surface area (Å²) in [7, 11) is 0. The van der Waals surface area contributed by atoms with Gasteiger partial charge in [-0.2, -0.15) is 0 Å². The third kappa shape index (κ3) is 1.57. The number of fused-ring (bicyclic) bond motifs is 2. The molecule has 1 aromatic carbocycles. The Balaban J connectivity index is 1.73. The predicted molar refractivity (Wildman–Crippen MR) is 71.5 cm³/mol. The van der Waals surface area contributed by atoms with E-state index in [0.717, 1.165) is 0 Å². The summed E-state index contributed by atoms with van der Waals surface area (Å²) in [6.07, 6.45) is 6.51. The van der Waals surface area contributed by atoms with Gasteiger partial charge in [0.1, 0.15) is 5.82 Å². The lowest BCUT2D eigenvalue weighted by atomic mass is 10.0. The van der Waals surface area contributed by atoms with Crippen molar-refractivity contribution in [3.8, 4) is 0 Å². The number of carbonyl (C=O) groups excluding carboxylic acids is 1. The zero-order valence-electron chi connectivity index (χ0n) is 10.7. The molecular weight excluding hydrogens is 241 g/mol. The van der Waals surface area contributed by atoms with E-state index < -0.39 is 0 Å². The van der Waals surface area contributed by atoms with E-state index >= 15 is 0 Å². The van der Waals surface area contributed by atoms with Crippen molar-refractivity contribution in [3.63, 3.8) is 0 Å². The Kier molecular flexibility index (Phi) is 2.32. The van der Waals surface area contributed by atoms with Crippen LogP contribution in [0.5, 0.6) is 0 Å². The molecule has 1 N–H and O–H groups in total. The van der Waals surface area contributed by atoms with Crippen LogP contribution in [0.15, 0.2) is 24.4 Å². The summed E-state index contributed by atoms with van der Waals surface area (Å²) in [6.45, 7) is 0. The second-order valence-electron chi connectivity index (χ2n) is 5.87. The Bertz CT molecular complexity index is 648. The van der Waals surface area contributed by atoms with E-state index in [1.165, 1.54) is 31.7 Å². The zero-order chi connectivity index (χ0) is 13.0. The van der Waals surface area contributed by atoms with Crippen LogP contribution < -0.4 is 0 Å². The van der Waals surface area contributed by atoms with E-state index in [1.807, 2.05) is 6.07 Å². The first-order chi connectivity index (χ1) is 9.27. The smallest absolute Gasteiger partial charge is 0.168 e. The number of halogens is 1. The molecule has 1 aromatic heterocycles. The Morgan fingerprint density at radius 1 is 1.21 bits per heavy atom. The van der Waals surface area contributed by atoms with Crippen molar-refractivity contribution in [1.29, 1.82) is 0 Å². The maximum Gasteiger partial charge on any atom is 0.168 e. The number of nitrogens with one attached hydrogen (secondary N) is 1. The highest BCUT2D eigenvalue weighted by Gasteiger charge is 2.54. The SMILES string of the molecule is O=C(c1c[nH]c2cccc(F)c12)C1C2CCCCC21. The Labute approximate surface area is 111 Å². The molecule has 4 rings (SSSR count). The molecule has 2 fully saturated rings. The maximum atomic E-state index is 13.9. The number of Topliss-reactive ketones (excluding diaryl/α,β-unsaturated/α-hetero) is 1. The summed E-state index contributed by atoms with van der Waals surface area (Å²) in [5.41, 5.74) is 1.26. The summed E-state index contributed by atoms with van der Waals surface area (Å²) < 4.78 is 13.9. The minimum atomic E-state index is -0.300. The van der Waals surface area contributed by atoms with Crippen LogP contribution >= 0.6 is 0 Å². The fourth-order valence-corrected chi connectivity index (χ4v) is 3.90. The number of hydrogen-bond donors (Lipinski definition) is 1. The number of carbonyl (C=O) groups is 1. The first kappa shape index (κ1) is 11.2. The summed E-state index contributed by atoms with van der Waals surface area (Å²) in [6, 6.07) is 4.90. The zero-order valence-corrected chi connectivity index (χ0v) is 10.7. The van der Waals surface area contributed by atoms with Gasteiger partial charge in [-0.1, -0.05) is 18.9 Å². The number of hydrogen-bond acceptors (Lipinski definition) is 1. The lowest BCUT2D eigenvalue weighted by Crippen LogP contribution is -2.04. The summed E-state index contributed by atoms with van der Waals surface area (Å²) in [5, 5.41) is 0.469. The number of aromatic nitrogens is 1. The second-order valence-corrected chi connectivity index (χ2v) is 5.87. The van der Waals surface area contributed by atoms with Crippen molar-refractivity contribution in [3.05, 3.63) is 35.8 Å². The fraction of sp³-hybridized carbons (Fsp3) is 0.438. The maximum absolute atomic E-state index is 13.9. The molecule has 3 heteroatoms. The van der Waals surface area contributed by atoms with E-state index in [-0.39, 0.29) is 17.5 Å². The number of H-pyrrole nitrogens is 1. The summed E-state index contributed by atoms with van der Waals surface area (Å²) >= 11 is 0. The molecular formula is C16H16FNO. The van der Waals surface area contributed by atoms with Crippen molar-refractivity contribution >= 4 is 16.7 Å². The van der Waals surface area contributed by atoms with Crippen LogP contribution in [0.4, 0.5) is 4.39 Å². The molecule has 2 aliphatic rings. The average molecular weight is 257 g/mol. The van der Waals surface area contributed by atoms with Gasteiger partial charge < -0.3 is 4.98 Å². The standard InChI is InChI=1S/C16H16FNO/c17-12-6-3-7-13-15(12)11(8-18-13)16(19)14-9-4-1-2-5-10(9)14/h3,6-10,14,18H,1-2,4-5H2. The molecule has 2 aromatic rings. The molecule has 2 saturated carbocycles. The third-order valence-electron chi connectivity index (χ3n) is 4.88. The van der Waals surface area contributed by atoms with Gasteiger partial charge in [-0.25, -0.2) is 4.39 Å². The van der Waals surface area contributed by atoms with Crippen LogP contribution in [0, 0.1) is 23.6 Å². The van der Waals surface area contributed by atoms with Gasteiger partial charge in [0.05, 0.1) is 0 Å². The first-order valence-corrected chi connectivity index (χ1v) is 7.07. The van der Waals surface area contributed by atoms with Gasteiger partial charge in [0.25, 0.3) is 0 Å². The second kappa shape index (κ2) is 3.92. The lowest BCUT2D eigenvalue weighted by Gasteiger charge is -2.04. The van der Waals surface area contributed by atoms with Gasteiger partial charge in [-0.05, 0) is 36.8 Å². The summed E-state index contributed by atoms with van der Waals surface area (Å²) in [4.78, 5) is 15.6. The monoisotopic (exact) mass is 257 g/mol. The van der Waals surface area contributed by atoms with Crippen molar-refractivity contribution in [2.45, 2.75) is 25.7 Å². The van der Waals surface area contributed by atoms with Gasteiger partial charge in [0.2, 0.25) is 0 Å². The molecule has 0 aliphatic heterocycles. The molecule has 98 valence electrons. The van der Waals surface area contributed by atoms with E-state index in [1.54, 1.807) is 12.3 Å². The van der Waals surface area contributed by atoms with Crippen LogP contribution in [-0.2, 0) is 0 Å². The molecule has 0 spiro atoms. The Morgan fingerprint density at radius 2 is 1.95 bits per heavy atom. The Hall–Kier alpha value is -1.64. The van der Waals surface area contributed by atoms with Crippen molar-refractivity contribution in [2.75, 3.05) is 0 Å². The highest BCUT2D eigenvalue weighted by atomic mass is 19.1. The van der Waals surface area contributed by atoms with E-state index in [4.69, 9.17) is 0 Å². The van der Waals surface area contributed by atoms with Gasteiger partial charge in [0, 0.05) is 28.6 Å². The molecule has 0 bridgehead atoms. The average Bonchev–Trinajstić information content (AvgIpc) is 2.99. The molecule has 2 unspecified atom stereocenters. The fourth-order valence-electron chi connectivity index (χ4n) is 3.90. The highest BCUT2D eigenvalue weighted by Crippen LogP contribution is 2.56. The van der Waals surface area contributed by atoms with Gasteiger partial charge in [-0.3, -0.25) is 4.79 Å². The summed E-state index contributed by atoms with van der Waals surface area (Å²) in [5.74, 6) is 1.14. The van der Waals surface area contributed by atoms with Gasteiger partial charge in [0.15, 0.2) is 5.78 Å². The minimum Gasteiger partial charge on any atom is -0.360 e. The van der Waals surface area contributed by atoms with E-state index in [9.17, 15) is 9.18 Å². The molecule has 1 heterocycles. The number of benzene rings is 1.